The lowest BCUT2D eigenvalue weighted by Crippen LogP contribution is -2.39. The molecule has 1 unspecified atom stereocenters. The molecule has 0 saturated heterocycles. The standard InChI is InChI=1S/C9H17NO4/c1-5(2)8(10)9(12)14-7(4)13-6(3)11/h5,7-8H,10H2,1-4H3/t7?,8-/m1/s1. The van der Waals surface area contributed by atoms with Crippen LogP contribution in [0, 0.1) is 5.92 Å². The molecule has 0 aliphatic heterocycles. The highest BCUT2D eigenvalue weighted by molar-refractivity contribution is 5.76. The summed E-state index contributed by atoms with van der Waals surface area (Å²) in [5, 5.41) is 0. The van der Waals surface area contributed by atoms with Crippen LogP contribution in [0.2, 0.25) is 0 Å². The summed E-state index contributed by atoms with van der Waals surface area (Å²) in [5.41, 5.74) is 5.52. The van der Waals surface area contributed by atoms with Gasteiger partial charge in [0.05, 0.1) is 0 Å². The van der Waals surface area contributed by atoms with Gasteiger partial charge in [-0.2, -0.15) is 0 Å². The van der Waals surface area contributed by atoms with Crippen molar-refractivity contribution in [2.24, 2.45) is 11.7 Å². The molecular formula is C9H17NO4. The number of rotatable bonds is 4. The summed E-state index contributed by atoms with van der Waals surface area (Å²) in [6.07, 6.45) is -0.884. The van der Waals surface area contributed by atoms with Crippen molar-refractivity contribution in [3.8, 4) is 0 Å². The molecule has 0 aromatic carbocycles. The Morgan fingerprint density at radius 3 is 2.00 bits per heavy atom. The molecule has 0 heterocycles. The maximum Gasteiger partial charge on any atom is 0.326 e. The molecule has 2 atom stereocenters. The first-order chi connectivity index (χ1) is 6.34. The third kappa shape index (κ3) is 4.81. The topological polar surface area (TPSA) is 78.6 Å². The second-order valence-corrected chi connectivity index (χ2v) is 3.38. The number of nitrogens with two attached hydrogens (primary N) is 1. The van der Waals surface area contributed by atoms with E-state index in [1.165, 1.54) is 13.8 Å². The van der Waals surface area contributed by atoms with Gasteiger partial charge in [-0.15, -0.1) is 0 Å². The molecule has 0 amide bonds. The maximum atomic E-state index is 11.2. The van der Waals surface area contributed by atoms with Crippen molar-refractivity contribution >= 4 is 11.9 Å². The van der Waals surface area contributed by atoms with Crippen molar-refractivity contribution in [3.05, 3.63) is 0 Å². The van der Waals surface area contributed by atoms with E-state index in [9.17, 15) is 9.59 Å². The van der Waals surface area contributed by atoms with Gasteiger partial charge in [0.15, 0.2) is 0 Å². The minimum Gasteiger partial charge on any atom is -0.426 e. The SMILES string of the molecule is CC(=O)OC(C)OC(=O)[C@H](N)C(C)C. The molecule has 0 aliphatic rings. The second kappa shape index (κ2) is 5.59. The first kappa shape index (κ1) is 12.9. The zero-order valence-corrected chi connectivity index (χ0v) is 8.94. The molecule has 2 N–H and O–H groups in total. The van der Waals surface area contributed by atoms with E-state index >= 15 is 0 Å². The lowest BCUT2D eigenvalue weighted by Gasteiger charge is -2.18. The predicted molar refractivity (Wildman–Crippen MR) is 50.1 cm³/mol. The zero-order chi connectivity index (χ0) is 11.3. The van der Waals surface area contributed by atoms with Crippen molar-refractivity contribution in [1.82, 2.24) is 0 Å². The van der Waals surface area contributed by atoms with Gasteiger partial charge in [0, 0.05) is 13.8 Å². The van der Waals surface area contributed by atoms with E-state index in [-0.39, 0.29) is 5.92 Å². The van der Waals surface area contributed by atoms with Crippen LogP contribution in [0.3, 0.4) is 0 Å². The Morgan fingerprint density at radius 2 is 1.64 bits per heavy atom. The summed E-state index contributed by atoms with van der Waals surface area (Å²) in [6, 6.07) is -0.687. The third-order valence-corrected chi connectivity index (χ3v) is 1.60. The fourth-order valence-electron chi connectivity index (χ4n) is 0.772. The van der Waals surface area contributed by atoms with Crippen LogP contribution in [-0.4, -0.2) is 24.3 Å². The van der Waals surface area contributed by atoms with Gasteiger partial charge in [-0.3, -0.25) is 9.59 Å². The first-order valence-electron chi connectivity index (χ1n) is 4.48. The minimum absolute atomic E-state index is 0.00738. The molecule has 82 valence electrons. The normalized spacial score (nSPS) is 14.7. The number of carbonyl (C=O) groups is 2. The van der Waals surface area contributed by atoms with Gasteiger partial charge in [-0.25, -0.2) is 0 Å². The first-order valence-corrected chi connectivity index (χ1v) is 4.48. The minimum atomic E-state index is -0.884. The summed E-state index contributed by atoms with van der Waals surface area (Å²) in [4.78, 5) is 21.7. The molecule has 0 fully saturated rings. The molecule has 0 aliphatic carbocycles. The highest BCUT2D eigenvalue weighted by Crippen LogP contribution is 2.03. The van der Waals surface area contributed by atoms with Gasteiger partial charge in [-0.05, 0) is 5.92 Å². The number of hydrogen-bond acceptors (Lipinski definition) is 5. The quantitative estimate of drug-likeness (QED) is 0.529. The smallest absolute Gasteiger partial charge is 0.326 e. The Kier molecular flexibility index (Phi) is 5.15. The van der Waals surface area contributed by atoms with Gasteiger partial charge in [0.25, 0.3) is 0 Å². The van der Waals surface area contributed by atoms with Crippen LogP contribution in [0.5, 0.6) is 0 Å². The molecule has 0 saturated carbocycles. The Morgan fingerprint density at radius 1 is 1.14 bits per heavy atom. The molecule has 0 aromatic heterocycles. The lowest BCUT2D eigenvalue weighted by atomic mass is 10.1. The molecule has 0 bridgehead atoms. The van der Waals surface area contributed by atoms with Crippen LogP contribution in [0.4, 0.5) is 0 Å². The number of esters is 2. The van der Waals surface area contributed by atoms with E-state index in [2.05, 4.69) is 4.74 Å². The maximum absolute atomic E-state index is 11.2. The number of ether oxygens (including phenoxy) is 2. The Hall–Kier alpha value is -1.10. The van der Waals surface area contributed by atoms with Gasteiger partial charge < -0.3 is 15.2 Å². The summed E-state index contributed by atoms with van der Waals surface area (Å²) in [7, 11) is 0. The summed E-state index contributed by atoms with van der Waals surface area (Å²) in [5.74, 6) is -1.07. The molecule has 0 radical (unpaired) electrons. The molecule has 0 spiro atoms. The van der Waals surface area contributed by atoms with E-state index in [4.69, 9.17) is 10.5 Å². The van der Waals surface area contributed by atoms with Gasteiger partial charge in [0.2, 0.25) is 6.29 Å². The summed E-state index contributed by atoms with van der Waals surface area (Å²) < 4.78 is 9.39. The van der Waals surface area contributed by atoms with E-state index in [0.717, 1.165) is 0 Å². The van der Waals surface area contributed by atoms with E-state index in [1.54, 1.807) is 0 Å². The predicted octanol–water partition coefficient (Wildman–Crippen LogP) is 0.422. The van der Waals surface area contributed by atoms with Crippen LogP contribution < -0.4 is 5.73 Å². The number of carbonyl (C=O) groups excluding carboxylic acids is 2. The molecule has 0 aromatic rings. The zero-order valence-electron chi connectivity index (χ0n) is 8.94. The molecule has 5 heteroatoms. The monoisotopic (exact) mass is 203 g/mol. The lowest BCUT2D eigenvalue weighted by molar-refractivity contribution is -0.184. The molecule has 14 heavy (non-hydrogen) atoms. The Bertz CT molecular complexity index is 215. The number of hydrogen-bond donors (Lipinski definition) is 1. The van der Waals surface area contributed by atoms with Gasteiger partial charge in [0.1, 0.15) is 6.04 Å². The molecular weight excluding hydrogens is 186 g/mol. The highest BCUT2D eigenvalue weighted by atomic mass is 16.7. The van der Waals surface area contributed by atoms with Crippen molar-refractivity contribution < 1.29 is 19.1 Å². The van der Waals surface area contributed by atoms with Gasteiger partial charge >= 0.3 is 11.9 Å². The van der Waals surface area contributed by atoms with Crippen molar-refractivity contribution in [3.63, 3.8) is 0 Å². The highest BCUT2D eigenvalue weighted by Gasteiger charge is 2.21. The third-order valence-electron chi connectivity index (χ3n) is 1.60. The molecule has 5 nitrogen and oxygen atoms in total. The Balaban J connectivity index is 3.99. The largest absolute Gasteiger partial charge is 0.426 e. The summed E-state index contributed by atoms with van der Waals surface area (Å²) >= 11 is 0. The van der Waals surface area contributed by atoms with Crippen molar-refractivity contribution in [1.29, 1.82) is 0 Å². The van der Waals surface area contributed by atoms with E-state index < -0.39 is 24.3 Å². The van der Waals surface area contributed by atoms with Gasteiger partial charge in [-0.1, -0.05) is 13.8 Å². The second-order valence-electron chi connectivity index (χ2n) is 3.38. The molecule has 0 rings (SSSR count). The van der Waals surface area contributed by atoms with Crippen LogP contribution in [0.1, 0.15) is 27.7 Å². The fraction of sp³-hybridized carbons (Fsp3) is 0.778. The Labute approximate surface area is 83.5 Å². The van der Waals surface area contributed by atoms with Crippen molar-refractivity contribution in [2.75, 3.05) is 0 Å². The van der Waals surface area contributed by atoms with E-state index in [0.29, 0.717) is 0 Å². The average Bonchev–Trinajstić information content (AvgIpc) is 2.00. The van der Waals surface area contributed by atoms with Crippen LogP contribution in [0.15, 0.2) is 0 Å². The van der Waals surface area contributed by atoms with Crippen molar-refractivity contribution in [2.45, 2.75) is 40.0 Å². The average molecular weight is 203 g/mol. The van der Waals surface area contributed by atoms with Crippen LogP contribution in [-0.2, 0) is 19.1 Å². The van der Waals surface area contributed by atoms with Crippen LogP contribution in [0.25, 0.3) is 0 Å². The van der Waals surface area contributed by atoms with Crippen LogP contribution >= 0.6 is 0 Å². The fourth-order valence-corrected chi connectivity index (χ4v) is 0.772. The van der Waals surface area contributed by atoms with E-state index in [1.807, 2.05) is 13.8 Å². The summed E-state index contributed by atoms with van der Waals surface area (Å²) in [6.45, 7) is 6.32.